The van der Waals surface area contributed by atoms with Crippen molar-refractivity contribution in [3.05, 3.63) is 41.9 Å². The second kappa shape index (κ2) is 5.15. The minimum absolute atomic E-state index is 0.0380. The Labute approximate surface area is 118 Å². The molecule has 1 aliphatic heterocycles. The lowest BCUT2D eigenvalue weighted by Crippen LogP contribution is -2.35. The van der Waals surface area contributed by atoms with E-state index >= 15 is 0 Å². The normalized spacial score (nSPS) is 17.8. The smallest absolute Gasteiger partial charge is 0.289 e. The van der Waals surface area contributed by atoms with Crippen molar-refractivity contribution in [1.29, 1.82) is 0 Å². The molecule has 1 amide bonds. The molecule has 5 nitrogen and oxygen atoms in total. The van der Waals surface area contributed by atoms with Crippen LogP contribution in [0.1, 0.15) is 28.4 Å². The molecule has 0 radical (unpaired) electrons. The van der Waals surface area contributed by atoms with Gasteiger partial charge in [0.05, 0.1) is 6.26 Å². The van der Waals surface area contributed by atoms with Crippen LogP contribution in [0.25, 0.3) is 0 Å². The third-order valence-corrected chi connectivity index (χ3v) is 3.97. The van der Waals surface area contributed by atoms with E-state index in [0.29, 0.717) is 11.7 Å². The molecule has 0 aliphatic carbocycles. The van der Waals surface area contributed by atoms with Crippen molar-refractivity contribution < 1.29 is 9.21 Å². The summed E-state index contributed by atoms with van der Waals surface area (Å²) in [6.07, 6.45) is 7.48. The lowest BCUT2D eigenvalue weighted by atomic mass is 9.99. The van der Waals surface area contributed by atoms with Crippen molar-refractivity contribution in [2.75, 3.05) is 13.6 Å². The highest BCUT2D eigenvalue weighted by molar-refractivity contribution is 5.92. The number of fused-ring (bicyclic) bond motifs is 1. The Hall–Kier alpha value is -2.04. The summed E-state index contributed by atoms with van der Waals surface area (Å²) in [5.41, 5.74) is 0.891. The van der Waals surface area contributed by atoms with Crippen molar-refractivity contribution in [3.8, 4) is 0 Å². The number of furan rings is 1. The minimum Gasteiger partial charge on any atom is -0.459 e. The number of aromatic nitrogens is 2. The monoisotopic (exact) mass is 273 g/mol. The first kappa shape index (κ1) is 13.0. The predicted octanol–water partition coefficient (Wildman–Crippen LogP) is 2.12. The van der Waals surface area contributed by atoms with E-state index in [1.54, 1.807) is 11.2 Å². The Morgan fingerprint density at radius 1 is 1.60 bits per heavy atom. The van der Waals surface area contributed by atoms with Crippen molar-refractivity contribution >= 4 is 5.91 Å². The summed E-state index contributed by atoms with van der Waals surface area (Å²) in [5, 5.41) is 0. The number of hydrogen-bond acceptors (Lipinski definition) is 3. The van der Waals surface area contributed by atoms with Crippen molar-refractivity contribution in [3.63, 3.8) is 0 Å². The molecule has 0 aromatic carbocycles. The van der Waals surface area contributed by atoms with Gasteiger partial charge >= 0.3 is 0 Å². The zero-order valence-corrected chi connectivity index (χ0v) is 11.9. The van der Waals surface area contributed by atoms with E-state index in [9.17, 15) is 4.79 Å². The van der Waals surface area contributed by atoms with Crippen LogP contribution in [-0.4, -0.2) is 34.0 Å². The number of imidazole rings is 1. The maximum Gasteiger partial charge on any atom is 0.289 e. The van der Waals surface area contributed by atoms with Crippen LogP contribution in [0.4, 0.5) is 0 Å². The van der Waals surface area contributed by atoms with Crippen LogP contribution in [0.5, 0.6) is 0 Å². The highest BCUT2D eigenvalue weighted by atomic mass is 16.3. The zero-order chi connectivity index (χ0) is 14.1. The molecular formula is C15H19N3O2. The molecule has 3 rings (SSSR count). The van der Waals surface area contributed by atoms with Crippen LogP contribution in [0.2, 0.25) is 0 Å². The number of carbonyl (C=O) groups excluding carboxylic acids is 1. The van der Waals surface area contributed by atoms with Gasteiger partial charge in [-0.1, -0.05) is 0 Å². The molecule has 5 heteroatoms. The largest absolute Gasteiger partial charge is 0.459 e. The number of amides is 1. The van der Waals surface area contributed by atoms with E-state index in [-0.39, 0.29) is 5.91 Å². The minimum atomic E-state index is -0.0380. The van der Waals surface area contributed by atoms with Crippen molar-refractivity contribution in [1.82, 2.24) is 14.5 Å². The lowest BCUT2D eigenvalue weighted by molar-refractivity contribution is 0.0728. The quantitative estimate of drug-likeness (QED) is 0.860. The maximum atomic E-state index is 12.3. The first-order valence-corrected chi connectivity index (χ1v) is 6.94. The molecular weight excluding hydrogens is 254 g/mol. The van der Waals surface area contributed by atoms with Gasteiger partial charge in [0.1, 0.15) is 5.82 Å². The number of hydrogen-bond donors (Lipinski definition) is 0. The molecule has 0 spiro atoms. The summed E-state index contributed by atoms with van der Waals surface area (Å²) in [6.45, 7) is 3.57. The average Bonchev–Trinajstić information content (AvgIpc) is 3.05. The van der Waals surface area contributed by atoms with E-state index in [2.05, 4.69) is 9.55 Å². The van der Waals surface area contributed by atoms with Gasteiger partial charge in [0, 0.05) is 44.5 Å². The molecule has 0 saturated heterocycles. The number of aryl methyl sites for hydroxylation is 2. The summed E-state index contributed by atoms with van der Waals surface area (Å²) < 4.78 is 7.46. The fraction of sp³-hybridized carbons (Fsp3) is 0.467. The standard InChI is InChI=1S/C15H19N3O2/c1-11-5-8-20-14(11)15(19)17(2)9-12-3-4-13-16-6-7-18(13)10-12/h5-8,12H,3-4,9-10H2,1-2H3/t12-/m1/s1. The van der Waals surface area contributed by atoms with E-state index in [4.69, 9.17) is 4.42 Å². The Morgan fingerprint density at radius 2 is 2.45 bits per heavy atom. The fourth-order valence-electron chi connectivity index (χ4n) is 2.82. The van der Waals surface area contributed by atoms with Crippen molar-refractivity contribution in [2.24, 2.45) is 5.92 Å². The molecule has 106 valence electrons. The first-order valence-electron chi connectivity index (χ1n) is 6.94. The van der Waals surface area contributed by atoms with Crippen LogP contribution >= 0.6 is 0 Å². The average molecular weight is 273 g/mol. The fourth-order valence-corrected chi connectivity index (χ4v) is 2.82. The van der Waals surface area contributed by atoms with Gasteiger partial charge < -0.3 is 13.9 Å². The van der Waals surface area contributed by atoms with Crippen LogP contribution in [0, 0.1) is 12.8 Å². The zero-order valence-electron chi connectivity index (χ0n) is 11.9. The summed E-state index contributed by atoms with van der Waals surface area (Å²) in [6, 6.07) is 1.82. The summed E-state index contributed by atoms with van der Waals surface area (Å²) >= 11 is 0. The highest BCUT2D eigenvalue weighted by Gasteiger charge is 2.24. The molecule has 20 heavy (non-hydrogen) atoms. The van der Waals surface area contributed by atoms with E-state index in [0.717, 1.165) is 37.3 Å². The number of nitrogens with zero attached hydrogens (tertiary/aromatic N) is 3. The topological polar surface area (TPSA) is 51.3 Å². The van der Waals surface area contributed by atoms with Gasteiger partial charge in [-0.05, 0) is 25.3 Å². The molecule has 2 aromatic rings. The Bertz CT molecular complexity index is 614. The van der Waals surface area contributed by atoms with Gasteiger partial charge in [0.25, 0.3) is 5.91 Å². The number of rotatable bonds is 3. The summed E-state index contributed by atoms with van der Waals surface area (Å²) in [5.74, 6) is 2.04. The molecule has 2 aromatic heterocycles. The second-order valence-electron chi connectivity index (χ2n) is 5.52. The number of carbonyl (C=O) groups is 1. The molecule has 3 heterocycles. The summed E-state index contributed by atoms with van der Waals surface area (Å²) in [4.78, 5) is 18.4. The molecule has 0 saturated carbocycles. The van der Waals surface area contributed by atoms with Gasteiger partial charge in [-0.15, -0.1) is 0 Å². The first-order chi connectivity index (χ1) is 9.65. The van der Waals surface area contributed by atoms with Gasteiger partial charge in [-0.25, -0.2) is 4.98 Å². The lowest BCUT2D eigenvalue weighted by Gasteiger charge is -2.27. The second-order valence-corrected chi connectivity index (χ2v) is 5.52. The van der Waals surface area contributed by atoms with E-state index in [1.807, 2.05) is 32.4 Å². The predicted molar refractivity (Wildman–Crippen MR) is 74.4 cm³/mol. The van der Waals surface area contributed by atoms with Crippen LogP contribution in [0.15, 0.2) is 29.1 Å². The Morgan fingerprint density at radius 3 is 3.20 bits per heavy atom. The van der Waals surface area contributed by atoms with Crippen LogP contribution in [0.3, 0.4) is 0 Å². The molecule has 1 atom stereocenters. The molecule has 1 aliphatic rings. The van der Waals surface area contributed by atoms with E-state index in [1.165, 1.54) is 0 Å². The SMILES string of the molecule is Cc1ccoc1C(=O)N(C)C[C@H]1CCc2nccn2C1. The molecule has 0 bridgehead atoms. The van der Waals surface area contributed by atoms with Crippen LogP contribution in [-0.2, 0) is 13.0 Å². The highest BCUT2D eigenvalue weighted by Crippen LogP contribution is 2.20. The van der Waals surface area contributed by atoms with Gasteiger partial charge in [-0.3, -0.25) is 4.79 Å². The Balaban J connectivity index is 1.64. The van der Waals surface area contributed by atoms with E-state index < -0.39 is 0 Å². The maximum absolute atomic E-state index is 12.3. The van der Waals surface area contributed by atoms with Crippen LogP contribution < -0.4 is 0 Å². The van der Waals surface area contributed by atoms with Gasteiger partial charge in [-0.2, -0.15) is 0 Å². The van der Waals surface area contributed by atoms with Gasteiger partial charge in [0.15, 0.2) is 5.76 Å². The summed E-state index contributed by atoms with van der Waals surface area (Å²) in [7, 11) is 1.84. The third-order valence-electron chi connectivity index (χ3n) is 3.97. The molecule has 0 N–H and O–H groups in total. The molecule has 0 fully saturated rings. The third kappa shape index (κ3) is 2.35. The molecule has 0 unspecified atom stereocenters. The van der Waals surface area contributed by atoms with Gasteiger partial charge in [0.2, 0.25) is 0 Å². The Kier molecular flexibility index (Phi) is 3.34. The van der Waals surface area contributed by atoms with Crippen molar-refractivity contribution in [2.45, 2.75) is 26.3 Å².